The predicted octanol–water partition coefficient (Wildman–Crippen LogP) is 5.02. The van der Waals surface area contributed by atoms with E-state index in [1.165, 1.54) is 6.07 Å². The first-order valence-corrected chi connectivity index (χ1v) is 14.7. The van der Waals surface area contributed by atoms with E-state index in [0.29, 0.717) is 53.8 Å². The van der Waals surface area contributed by atoms with Crippen LogP contribution < -0.4 is 14.4 Å². The minimum absolute atomic E-state index is 0.168. The number of anilines is 1. The highest BCUT2D eigenvalue weighted by molar-refractivity contribution is 7.90. The van der Waals surface area contributed by atoms with Gasteiger partial charge in [-0.2, -0.15) is 8.42 Å². The lowest BCUT2D eigenvalue weighted by atomic mass is 9.97. The number of carbonyl (C=O) groups is 1. The number of nitrogens with one attached hydrogen (secondary N) is 1. The summed E-state index contributed by atoms with van der Waals surface area (Å²) in [4.78, 5) is 29.1. The minimum atomic E-state index is -4.18. The van der Waals surface area contributed by atoms with Crippen molar-refractivity contribution in [1.82, 2.24) is 19.7 Å². The molecule has 3 aromatic heterocycles. The highest BCUT2D eigenvalue weighted by atomic mass is 32.2. The number of aromatic nitrogens is 3. The molecule has 1 fully saturated rings. The van der Waals surface area contributed by atoms with Crippen molar-refractivity contribution in [2.75, 3.05) is 18.1 Å². The molecule has 1 amide bonds. The Bertz CT molecular complexity index is 1460. The fourth-order valence-corrected chi connectivity index (χ4v) is 5.85. The quantitative estimate of drug-likeness (QED) is 0.395. The van der Waals surface area contributed by atoms with Gasteiger partial charge in [-0.25, -0.2) is 19.7 Å². The van der Waals surface area contributed by atoms with E-state index in [1.54, 1.807) is 31.2 Å². The highest BCUT2D eigenvalue weighted by Gasteiger charge is 2.39. The molecule has 3 aromatic rings. The van der Waals surface area contributed by atoms with Crippen molar-refractivity contribution in [2.24, 2.45) is 11.8 Å². The molecule has 208 valence electrons. The first-order valence-electron chi connectivity index (χ1n) is 13.3. The van der Waals surface area contributed by atoms with Crippen LogP contribution in [0.5, 0.6) is 5.88 Å². The predicted molar refractivity (Wildman–Crippen MR) is 151 cm³/mol. The van der Waals surface area contributed by atoms with Gasteiger partial charge in [-0.3, -0.25) is 4.79 Å². The van der Waals surface area contributed by atoms with Gasteiger partial charge in [0, 0.05) is 23.8 Å². The number of hydrogen-bond donors (Lipinski definition) is 1. The Balaban J connectivity index is 1.71. The lowest BCUT2D eigenvalue weighted by Gasteiger charge is -2.34. The second-order valence-corrected chi connectivity index (χ2v) is 12.9. The largest absolute Gasteiger partial charge is 0.478 e. The number of hydrogen-bond acceptors (Lipinski definition) is 8. The molecule has 0 spiro atoms. The molecular weight excluding hydrogens is 514 g/mol. The summed E-state index contributed by atoms with van der Waals surface area (Å²) in [5, 5.41) is -0.212. The van der Waals surface area contributed by atoms with Crippen molar-refractivity contribution in [1.29, 1.82) is 0 Å². The van der Waals surface area contributed by atoms with E-state index >= 15 is 0 Å². The van der Waals surface area contributed by atoms with Crippen LogP contribution in [0.1, 0.15) is 63.5 Å². The fraction of sp³-hybridized carbons (Fsp3) is 0.448. The minimum Gasteiger partial charge on any atom is -0.478 e. The average molecular weight is 552 g/mol. The van der Waals surface area contributed by atoms with Crippen molar-refractivity contribution in [2.45, 2.75) is 64.9 Å². The van der Waals surface area contributed by atoms with Gasteiger partial charge in [0.25, 0.3) is 15.9 Å². The van der Waals surface area contributed by atoms with E-state index < -0.39 is 15.9 Å². The zero-order valence-electron chi connectivity index (χ0n) is 23.4. The van der Waals surface area contributed by atoms with Crippen LogP contribution in [0.4, 0.5) is 5.82 Å². The van der Waals surface area contributed by atoms with E-state index in [-0.39, 0.29) is 16.1 Å². The molecule has 0 bridgehead atoms. The summed E-state index contributed by atoms with van der Waals surface area (Å²) >= 11 is 0. The monoisotopic (exact) mass is 551 g/mol. The van der Waals surface area contributed by atoms with Crippen LogP contribution >= 0.6 is 0 Å². The fourth-order valence-electron chi connectivity index (χ4n) is 4.87. The Morgan fingerprint density at radius 3 is 2.46 bits per heavy atom. The summed E-state index contributed by atoms with van der Waals surface area (Å²) in [6.45, 7) is 13.6. The highest BCUT2D eigenvalue weighted by Crippen LogP contribution is 2.38. The normalized spacial score (nSPS) is 16.9. The third-order valence-electron chi connectivity index (χ3n) is 6.74. The molecule has 1 N–H and O–H groups in total. The molecule has 1 saturated heterocycles. The van der Waals surface area contributed by atoms with E-state index in [1.807, 2.05) is 18.2 Å². The van der Waals surface area contributed by atoms with E-state index in [4.69, 9.17) is 9.72 Å². The van der Waals surface area contributed by atoms with Gasteiger partial charge in [-0.15, -0.1) is 0 Å². The Labute approximate surface area is 231 Å². The van der Waals surface area contributed by atoms with Crippen LogP contribution in [0.2, 0.25) is 0 Å². The number of nitrogens with zero attached hydrogens (tertiary/aromatic N) is 4. The van der Waals surface area contributed by atoms with E-state index in [9.17, 15) is 13.2 Å². The third kappa shape index (κ3) is 6.73. The molecule has 4 rings (SSSR count). The van der Waals surface area contributed by atoms with Crippen molar-refractivity contribution in [3.63, 3.8) is 0 Å². The lowest BCUT2D eigenvalue weighted by molar-refractivity contribution is 0.0981. The summed E-state index contributed by atoms with van der Waals surface area (Å²) in [5.41, 5.74) is 1.59. The summed E-state index contributed by atoms with van der Waals surface area (Å²) in [6.07, 6.45) is 1.82. The maximum atomic E-state index is 13.4. The summed E-state index contributed by atoms with van der Waals surface area (Å²) < 4.78 is 34.0. The van der Waals surface area contributed by atoms with Crippen LogP contribution in [0.3, 0.4) is 0 Å². The van der Waals surface area contributed by atoms with Crippen molar-refractivity contribution >= 4 is 21.7 Å². The standard InChI is InChI=1S/C29H37N5O4S/c1-19(2)15-16-38-25-11-8-10-23(31-25)24-14-13-22(27(32-24)34-18-20(3)17-29(34,5)6)28(35)33-39(36,37)26-12-7-9-21(4)30-26/h7-14,19-20H,15-18H2,1-6H3,(H,33,35). The molecule has 39 heavy (non-hydrogen) atoms. The maximum Gasteiger partial charge on any atom is 0.281 e. The molecule has 0 aliphatic carbocycles. The first-order chi connectivity index (χ1) is 18.4. The van der Waals surface area contributed by atoms with E-state index in [0.717, 1.165) is 12.8 Å². The maximum absolute atomic E-state index is 13.4. The second-order valence-electron chi connectivity index (χ2n) is 11.2. The number of pyridine rings is 3. The number of amides is 1. The smallest absolute Gasteiger partial charge is 0.281 e. The topological polar surface area (TPSA) is 114 Å². The Hall–Kier alpha value is -3.53. The molecule has 1 aliphatic rings. The van der Waals surface area contributed by atoms with Gasteiger partial charge in [0.05, 0.1) is 23.6 Å². The summed E-state index contributed by atoms with van der Waals surface area (Å²) in [6, 6.07) is 13.4. The average Bonchev–Trinajstić information content (AvgIpc) is 3.15. The number of rotatable bonds is 9. The zero-order chi connectivity index (χ0) is 28.4. The molecule has 10 heteroatoms. The van der Waals surface area contributed by atoms with Gasteiger partial charge in [0.1, 0.15) is 5.82 Å². The van der Waals surface area contributed by atoms with Crippen molar-refractivity contribution in [3.05, 3.63) is 59.8 Å². The van der Waals surface area contributed by atoms with Crippen LogP contribution in [0.15, 0.2) is 53.6 Å². The second kappa shape index (κ2) is 11.3. The molecule has 4 heterocycles. The van der Waals surface area contributed by atoms with Gasteiger partial charge in [-0.05, 0) is 75.8 Å². The van der Waals surface area contributed by atoms with Crippen LogP contribution in [0.25, 0.3) is 11.4 Å². The molecule has 0 saturated carbocycles. The van der Waals surface area contributed by atoms with Gasteiger partial charge < -0.3 is 9.64 Å². The van der Waals surface area contributed by atoms with Crippen LogP contribution in [-0.4, -0.2) is 48.0 Å². The van der Waals surface area contributed by atoms with E-state index in [2.05, 4.69) is 54.2 Å². The molecule has 0 radical (unpaired) electrons. The molecular formula is C29H37N5O4S. The molecule has 1 aliphatic heterocycles. The first kappa shape index (κ1) is 28.5. The Kier molecular flexibility index (Phi) is 8.25. The molecule has 9 nitrogen and oxygen atoms in total. The molecule has 1 atom stereocenters. The number of carbonyl (C=O) groups excluding carboxylic acids is 1. The molecule has 0 aromatic carbocycles. The zero-order valence-corrected chi connectivity index (χ0v) is 24.2. The van der Waals surface area contributed by atoms with Gasteiger partial charge in [0.2, 0.25) is 5.88 Å². The van der Waals surface area contributed by atoms with Gasteiger partial charge in [-0.1, -0.05) is 32.9 Å². The number of aryl methyl sites for hydroxylation is 1. The number of sulfonamides is 1. The SMILES string of the molecule is Cc1cccc(S(=O)(=O)NC(=O)c2ccc(-c3cccc(OCCC(C)C)n3)nc2N2CC(C)CC2(C)C)n1. The summed E-state index contributed by atoms with van der Waals surface area (Å²) in [7, 11) is -4.18. The van der Waals surface area contributed by atoms with Crippen LogP contribution in [-0.2, 0) is 10.0 Å². The Morgan fingerprint density at radius 2 is 1.79 bits per heavy atom. The third-order valence-corrected chi connectivity index (χ3v) is 7.98. The number of ether oxygens (including phenoxy) is 1. The Morgan fingerprint density at radius 1 is 1.08 bits per heavy atom. The van der Waals surface area contributed by atoms with Gasteiger partial charge >= 0.3 is 0 Å². The summed E-state index contributed by atoms with van der Waals surface area (Å²) in [5.74, 6) is 1.05. The van der Waals surface area contributed by atoms with Gasteiger partial charge in [0.15, 0.2) is 5.03 Å². The molecule has 1 unspecified atom stereocenters. The van der Waals surface area contributed by atoms with Crippen molar-refractivity contribution in [3.8, 4) is 17.3 Å². The van der Waals surface area contributed by atoms with Crippen LogP contribution in [0, 0.1) is 18.8 Å². The lowest BCUT2D eigenvalue weighted by Crippen LogP contribution is -2.41. The van der Waals surface area contributed by atoms with Crippen molar-refractivity contribution < 1.29 is 17.9 Å².